The fourth-order valence-electron chi connectivity index (χ4n) is 3.27. The van der Waals surface area contributed by atoms with Gasteiger partial charge in [0.2, 0.25) is 11.7 Å². The molecule has 0 saturated carbocycles. The molecule has 162 valence electrons. The number of nitriles is 1. The summed E-state index contributed by atoms with van der Waals surface area (Å²) in [4.78, 5) is 36.2. The van der Waals surface area contributed by atoms with Crippen LogP contribution in [0, 0.1) is 25.2 Å². The Morgan fingerprint density at radius 3 is 2.42 bits per heavy atom. The highest BCUT2D eigenvalue weighted by Gasteiger charge is 2.22. The van der Waals surface area contributed by atoms with Crippen molar-refractivity contribution in [2.45, 2.75) is 53.7 Å². The van der Waals surface area contributed by atoms with E-state index >= 15 is 0 Å². The molecule has 7 nitrogen and oxygen atoms in total. The van der Waals surface area contributed by atoms with Crippen molar-refractivity contribution >= 4 is 29.4 Å². The summed E-state index contributed by atoms with van der Waals surface area (Å²) in [5.74, 6) is -1.47. The summed E-state index contributed by atoms with van der Waals surface area (Å²) in [5.41, 5.74) is 3.50. The van der Waals surface area contributed by atoms with Crippen LogP contribution in [-0.2, 0) is 20.9 Å². The largest absolute Gasteiger partial charge is 0.450 e. The average molecular weight is 421 g/mol. The van der Waals surface area contributed by atoms with Gasteiger partial charge in [0.25, 0.3) is 0 Å². The molecular weight excluding hydrogens is 394 g/mol. The maximum absolute atomic E-state index is 12.6. The Morgan fingerprint density at radius 2 is 1.87 bits per heavy atom. The van der Waals surface area contributed by atoms with Gasteiger partial charge in [-0.1, -0.05) is 6.92 Å². The van der Waals surface area contributed by atoms with Crippen molar-refractivity contribution in [1.29, 1.82) is 5.26 Å². The molecule has 0 aliphatic carbocycles. The summed E-state index contributed by atoms with van der Waals surface area (Å²) in [6.45, 7) is 9.70. The molecule has 1 N–H and O–H groups in total. The van der Waals surface area contributed by atoms with Gasteiger partial charge in [0.15, 0.2) is 6.10 Å². The third-order valence-corrected chi connectivity index (χ3v) is 4.84. The molecule has 0 aliphatic rings. The minimum Gasteiger partial charge on any atom is -0.450 e. The van der Waals surface area contributed by atoms with Crippen LogP contribution in [0.2, 0.25) is 0 Å². The maximum Gasteiger partial charge on any atom is 0.349 e. The van der Waals surface area contributed by atoms with Crippen LogP contribution in [-0.4, -0.2) is 28.3 Å². The van der Waals surface area contributed by atoms with Crippen LogP contribution >= 0.6 is 0 Å². The van der Waals surface area contributed by atoms with E-state index < -0.39 is 17.9 Å². The lowest BCUT2D eigenvalue weighted by Crippen LogP contribution is -2.25. The number of rotatable bonds is 8. The lowest BCUT2D eigenvalue weighted by atomic mass is 10.1. The second-order valence-electron chi connectivity index (χ2n) is 7.32. The number of anilines is 1. The molecule has 1 atom stereocenters. The van der Waals surface area contributed by atoms with Crippen molar-refractivity contribution in [3.05, 3.63) is 58.4 Å². The zero-order valence-corrected chi connectivity index (χ0v) is 18.5. The molecule has 0 fully saturated rings. The number of nitrogens with one attached hydrogen (secondary N) is 1. The van der Waals surface area contributed by atoms with Gasteiger partial charge in [0, 0.05) is 36.1 Å². The van der Waals surface area contributed by atoms with Crippen LogP contribution in [0.3, 0.4) is 0 Å². The third-order valence-electron chi connectivity index (χ3n) is 4.84. The lowest BCUT2D eigenvalue weighted by molar-refractivity contribution is -0.141. The third kappa shape index (κ3) is 5.92. The molecule has 1 aromatic heterocycles. The van der Waals surface area contributed by atoms with E-state index in [4.69, 9.17) is 4.74 Å². The number of carbonyl (C=O) groups is 3. The van der Waals surface area contributed by atoms with E-state index in [0.717, 1.165) is 29.9 Å². The van der Waals surface area contributed by atoms with Gasteiger partial charge in [-0.3, -0.25) is 9.59 Å². The molecule has 2 rings (SSSR count). The molecule has 31 heavy (non-hydrogen) atoms. The van der Waals surface area contributed by atoms with E-state index in [1.807, 2.05) is 26.0 Å². The smallest absolute Gasteiger partial charge is 0.349 e. The molecule has 1 amide bonds. The predicted octanol–water partition coefficient (Wildman–Crippen LogP) is 4.19. The molecule has 0 aliphatic heterocycles. The van der Waals surface area contributed by atoms with Crippen molar-refractivity contribution in [2.24, 2.45) is 0 Å². The molecule has 7 heteroatoms. The Labute approximate surface area is 182 Å². The first-order valence-electron chi connectivity index (χ1n) is 10.1. The Balaban J connectivity index is 2.14. The summed E-state index contributed by atoms with van der Waals surface area (Å²) in [6.07, 6.45) is 1.40. The Kier molecular flexibility index (Phi) is 7.92. The molecule has 0 saturated heterocycles. The van der Waals surface area contributed by atoms with Gasteiger partial charge in [0.05, 0.1) is 0 Å². The van der Waals surface area contributed by atoms with Crippen LogP contribution in [0.1, 0.15) is 54.5 Å². The molecular formula is C24H27N3O4. The summed E-state index contributed by atoms with van der Waals surface area (Å²) < 4.78 is 7.38. The Hall–Kier alpha value is -3.66. The molecule has 1 heterocycles. The second kappa shape index (κ2) is 10.4. The molecule has 0 unspecified atom stereocenters. The van der Waals surface area contributed by atoms with Crippen molar-refractivity contribution < 1.29 is 19.1 Å². The SMILES string of the molecule is CCCn1c(C)cc(/C=C(\C#N)C(=O)O[C@@H](C)C(=O)c2ccc(NC(C)=O)cc2)c1C. The number of Topliss-reactive ketones (excluding diaryl/α,β-unsaturated/α-hetero) is 1. The number of ether oxygens (including phenoxy) is 1. The lowest BCUT2D eigenvalue weighted by Gasteiger charge is -2.12. The van der Waals surface area contributed by atoms with Gasteiger partial charge in [-0.15, -0.1) is 0 Å². The average Bonchev–Trinajstić information content (AvgIpc) is 2.99. The van der Waals surface area contributed by atoms with E-state index in [9.17, 15) is 19.6 Å². The minimum absolute atomic E-state index is 0.169. The zero-order valence-electron chi connectivity index (χ0n) is 18.5. The number of hydrogen-bond donors (Lipinski definition) is 1. The molecule has 1 aromatic carbocycles. The van der Waals surface area contributed by atoms with Crippen molar-refractivity contribution in [3.63, 3.8) is 0 Å². The van der Waals surface area contributed by atoms with E-state index in [-0.39, 0.29) is 11.5 Å². The van der Waals surface area contributed by atoms with Crippen molar-refractivity contribution in [1.82, 2.24) is 4.57 Å². The fraction of sp³-hybridized carbons (Fsp3) is 0.333. The minimum atomic E-state index is -1.07. The van der Waals surface area contributed by atoms with Gasteiger partial charge in [-0.05, 0) is 69.2 Å². The maximum atomic E-state index is 12.6. The Bertz CT molecular complexity index is 1060. The van der Waals surface area contributed by atoms with Crippen LogP contribution in [0.15, 0.2) is 35.9 Å². The van der Waals surface area contributed by atoms with Gasteiger partial charge >= 0.3 is 5.97 Å². The topological polar surface area (TPSA) is 101 Å². The van der Waals surface area contributed by atoms with Gasteiger partial charge in [0.1, 0.15) is 11.6 Å². The normalized spacial score (nSPS) is 12.1. The highest BCUT2D eigenvalue weighted by molar-refractivity contribution is 6.03. The number of esters is 1. The molecule has 0 spiro atoms. The molecule has 0 radical (unpaired) electrons. The number of aryl methyl sites for hydroxylation is 1. The molecule has 0 bridgehead atoms. The number of nitrogens with zero attached hydrogens (tertiary/aromatic N) is 2. The van der Waals surface area contributed by atoms with E-state index in [2.05, 4.69) is 16.8 Å². The number of amides is 1. The number of hydrogen-bond acceptors (Lipinski definition) is 5. The van der Waals surface area contributed by atoms with Crippen molar-refractivity contribution in [2.75, 3.05) is 5.32 Å². The summed E-state index contributed by atoms with van der Waals surface area (Å²) in [5, 5.41) is 12.1. The standard InChI is InChI=1S/C24H27N3O4/c1-6-11-27-15(2)12-20(16(27)3)13-21(14-25)24(30)31-17(4)23(29)19-7-9-22(10-8-19)26-18(5)28/h7-10,12-13,17H,6,11H2,1-5H3,(H,26,28)/b21-13+/t17-/m0/s1. The van der Waals surface area contributed by atoms with Gasteiger partial charge < -0.3 is 14.6 Å². The van der Waals surface area contributed by atoms with Crippen LogP contribution in [0.5, 0.6) is 0 Å². The first-order valence-corrected chi connectivity index (χ1v) is 10.1. The first-order chi connectivity index (χ1) is 14.7. The highest BCUT2D eigenvalue weighted by Crippen LogP contribution is 2.20. The predicted molar refractivity (Wildman–Crippen MR) is 118 cm³/mol. The number of ketones is 1. The monoisotopic (exact) mass is 421 g/mol. The first kappa shape index (κ1) is 23.6. The van der Waals surface area contributed by atoms with Crippen LogP contribution in [0.4, 0.5) is 5.69 Å². The summed E-state index contributed by atoms with van der Waals surface area (Å²) in [6, 6.07) is 10.1. The van der Waals surface area contributed by atoms with Crippen LogP contribution < -0.4 is 5.32 Å². The Morgan fingerprint density at radius 1 is 1.23 bits per heavy atom. The quantitative estimate of drug-likeness (QED) is 0.298. The van der Waals surface area contributed by atoms with Gasteiger partial charge in [-0.2, -0.15) is 5.26 Å². The fourth-order valence-corrected chi connectivity index (χ4v) is 3.27. The number of carbonyl (C=O) groups excluding carboxylic acids is 3. The number of aromatic nitrogens is 1. The summed E-state index contributed by atoms with van der Waals surface area (Å²) >= 11 is 0. The van der Waals surface area contributed by atoms with E-state index in [1.54, 1.807) is 24.3 Å². The highest BCUT2D eigenvalue weighted by atomic mass is 16.5. The van der Waals surface area contributed by atoms with E-state index in [1.165, 1.54) is 19.9 Å². The van der Waals surface area contributed by atoms with E-state index in [0.29, 0.717) is 11.3 Å². The van der Waals surface area contributed by atoms with Crippen LogP contribution in [0.25, 0.3) is 6.08 Å². The second-order valence-corrected chi connectivity index (χ2v) is 7.32. The van der Waals surface area contributed by atoms with Crippen molar-refractivity contribution in [3.8, 4) is 6.07 Å². The zero-order chi connectivity index (χ0) is 23.1. The number of benzene rings is 1. The summed E-state index contributed by atoms with van der Waals surface area (Å²) in [7, 11) is 0. The molecule has 2 aromatic rings. The van der Waals surface area contributed by atoms with Gasteiger partial charge in [-0.25, -0.2) is 4.79 Å².